The van der Waals surface area contributed by atoms with Crippen molar-refractivity contribution in [1.82, 2.24) is 4.57 Å². The van der Waals surface area contributed by atoms with E-state index in [1.54, 1.807) is 0 Å². The van der Waals surface area contributed by atoms with Gasteiger partial charge in [0.25, 0.3) is 0 Å². The Morgan fingerprint density at radius 2 is 1.33 bits per heavy atom. The maximum atomic E-state index is 2.53. The molecule has 0 bridgehead atoms. The third-order valence-electron chi connectivity index (χ3n) is 5.25. The van der Waals surface area contributed by atoms with Gasteiger partial charge in [0.2, 0.25) is 0 Å². The number of nitrogens with zero attached hydrogens (tertiary/aromatic N) is 2. The van der Waals surface area contributed by atoms with Crippen molar-refractivity contribution in [2.45, 2.75) is 47.6 Å². The number of fused-ring (bicyclic) bond motifs is 3. The van der Waals surface area contributed by atoms with Gasteiger partial charge >= 0.3 is 0 Å². The fourth-order valence-corrected chi connectivity index (χ4v) is 4.58. The Morgan fingerprint density at radius 3 is 2.04 bits per heavy atom. The number of hydrogen-bond donors (Lipinski definition) is 0. The zero-order valence-corrected chi connectivity index (χ0v) is 15.4. The molecule has 3 aromatic rings. The van der Waals surface area contributed by atoms with Crippen LogP contribution in [0.1, 0.15) is 34.2 Å². The lowest BCUT2D eigenvalue weighted by molar-refractivity contribution is 0.610. The van der Waals surface area contributed by atoms with Gasteiger partial charge in [-0.3, -0.25) is 0 Å². The van der Waals surface area contributed by atoms with Gasteiger partial charge in [-0.15, -0.1) is 0 Å². The molecule has 2 nitrogen and oxygen atoms in total. The summed E-state index contributed by atoms with van der Waals surface area (Å²) in [5.74, 6) is 1.35. The summed E-state index contributed by atoms with van der Waals surface area (Å²) in [4.78, 5) is 2.53. The zero-order valence-electron chi connectivity index (χ0n) is 15.4. The van der Waals surface area contributed by atoms with Crippen molar-refractivity contribution in [1.29, 1.82) is 0 Å². The Hall–Kier alpha value is -2.22. The standard InChI is InChI=1S/C22H26N2/c1-14-9-16(3)21(17(4)10-14)23-7-6-8-24-20(23)13-19-12-15(2)11-18(5)22(19)24/h9-13H,6-8H2,1-5H3. The van der Waals surface area contributed by atoms with Gasteiger partial charge in [0, 0.05) is 24.2 Å². The quantitative estimate of drug-likeness (QED) is 0.556. The third kappa shape index (κ3) is 2.24. The van der Waals surface area contributed by atoms with Crippen LogP contribution < -0.4 is 4.90 Å². The maximum absolute atomic E-state index is 2.53. The van der Waals surface area contributed by atoms with Crippen LogP contribution in [-0.4, -0.2) is 11.1 Å². The Balaban J connectivity index is 1.96. The first-order valence-electron chi connectivity index (χ1n) is 8.91. The molecule has 0 atom stereocenters. The van der Waals surface area contributed by atoms with Crippen LogP contribution >= 0.6 is 0 Å². The highest BCUT2D eigenvalue weighted by molar-refractivity contribution is 5.90. The van der Waals surface area contributed by atoms with Crippen molar-refractivity contribution in [3.8, 4) is 0 Å². The maximum Gasteiger partial charge on any atom is 0.114 e. The molecule has 0 unspecified atom stereocenters. The molecule has 2 aromatic carbocycles. The second-order valence-corrected chi connectivity index (χ2v) is 7.43. The van der Waals surface area contributed by atoms with E-state index in [0.717, 1.165) is 13.1 Å². The van der Waals surface area contributed by atoms with E-state index in [4.69, 9.17) is 0 Å². The smallest absolute Gasteiger partial charge is 0.114 e. The molecule has 0 radical (unpaired) electrons. The van der Waals surface area contributed by atoms with E-state index in [1.807, 2.05) is 0 Å². The second-order valence-electron chi connectivity index (χ2n) is 7.43. The Bertz CT molecular complexity index is 923. The molecular formula is C22H26N2. The molecule has 1 aliphatic rings. The molecule has 2 heterocycles. The summed E-state index contributed by atoms with van der Waals surface area (Å²) in [7, 11) is 0. The first-order chi connectivity index (χ1) is 11.5. The fraction of sp³-hybridized carbons (Fsp3) is 0.364. The third-order valence-corrected chi connectivity index (χ3v) is 5.25. The topological polar surface area (TPSA) is 8.17 Å². The molecule has 0 saturated heterocycles. The first-order valence-corrected chi connectivity index (χ1v) is 8.91. The van der Waals surface area contributed by atoms with Crippen molar-refractivity contribution in [2.24, 2.45) is 0 Å². The predicted molar refractivity (Wildman–Crippen MR) is 104 cm³/mol. The summed E-state index contributed by atoms with van der Waals surface area (Å²) in [6.07, 6.45) is 1.19. The number of rotatable bonds is 1. The van der Waals surface area contributed by atoms with Crippen molar-refractivity contribution >= 4 is 22.4 Å². The molecule has 0 N–H and O–H groups in total. The number of benzene rings is 2. The fourth-order valence-electron chi connectivity index (χ4n) is 4.58. The lowest BCUT2D eigenvalue weighted by atomic mass is 10.0. The second kappa shape index (κ2) is 5.41. The summed E-state index contributed by atoms with van der Waals surface area (Å²) in [6, 6.07) is 11.6. The molecule has 124 valence electrons. The molecule has 1 aliphatic heterocycles. The largest absolute Gasteiger partial charge is 0.327 e. The SMILES string of the molecule is Cc1cc(C)c(N2CCCn3c2cc2cc(C)cc(C)c23)c(C)c1. The van der Waals surface area contributed by atoms with Crippen molar-refractivity contribution < 1.29 is 0 Å². The van der Waals surface area contributed by atoms with E-state index in [1.165, 1.54) is 56.6 Å². The van der Waals surface area contributed by atoms with Crippen LogP contribution in [-0.2, 0) is 6.54 Å². The van der Waals surface area contributed by atoms with Gasteiger partial charge in [-0.25, -0.2) is 0 Å². The van der Waals surface area contributed by atoms with Gasteiger partial charge < -0.3 is 9.47 Å². The average Bonchev–Trinajstić information content (AvgIpc) is 2.85. The molecule has 0 saturated carbocycles. The van der Waals surface area contributed by atoms with E-state index in [0.29, 0.717) is 0 Å². The van der Waals surface area contributed by atoms with Crippen LogP contribution in [0.2, 0.25) is 0 Å². The predicted octanol–water partition coefficient (Wildman–Crippen LogP) is 5.73. The number of anilines is 2. The lowest BCUT2D eigenvalue weighted by Crippen LogP contribution is -2.28. The van der Waals surface area contributed by atoms with Gasteiger partial charge in [0.15, 0.2) is 0 Å². The van der Waals surface area contributed by atoms with Crippen LogP contribution in [0.4, 0.5) is 11.5 Å². The first kappa shape index (κ1) is 15.3. The van der Waals surface area contributed by atoms with Gasteiger partial charge in [-0.1, -0.05) is 29.3 Å². The number of hydrogen-bond acceptors (Lipinski definition) is 1. The summed E-state index contributed by atoms with van der Waals surface area (Å²) >= 11 is 0. The summed E-state index contributed by atoms with van der Waals surface area (Å²) in [6.45, 7) is 13.3. The molecule has 0 spiro atoms. The van der Waals surface area contributed by atoms with Crippen LogP contribution in [0, 0.1) is 34.6 Å². The van der Waals surface area contributed by atoms with Crippen LogP contribution in [0.3, 0.4) is 0 Å². The minimum Gasteiger partial charge on any atom is -0.327 e. The highest BCUT2D eigenvalue weighted by atomic mass is 15.3. The molecule has 0 fully saturated rings. The van der Waals surface area contributed by atoms with E-state index < -0.39 is 0 Å². The van der Waals surface area contributed by atoms with E-state index in [-0.39, 0.29) is 0 Å². The Kier molecular flexibility index (Phi) is 3.45. The van der Waals surface area contributed by atoms with Gasteiger partial charge in [0.05, 0.1) is 5.52 Å². The molecule has 0 aliphatic carbocycles. The summed E-state index contributed by atoms with van der Waals surface area (Å²) in [5, 5.41) is 1.37. The van der Waals surface area contributed by atoms with E-state index in [9.17, 15) is 0 Å². The number of aromatic nitrogens is 1. The molecule has 1 aromatic heterocycles. The average molecular weight is 318 g/mol. The Labute approximate surface area is 144 Å². The molecular weight excluding hydrogens is 292 g/mol. The minimum absolute atomic E-state index is 1.10. The molecule has 0 amide bonds. The van der Waals surface area contributed by atoms with Gasteiger partial charge in [-0.2, -0.15) is 0 Å². The highest BCUT2D eigenvalue weighted by Gasteiger charge is 2.24. The highest BCUT2D eigenvalue weighted by Crippen LogP contribution is 2.39. The van der Waals surface area contributed by atoms with Crippen LogP contribution in [0.5, 0.6) is 0 Å². The van der Waals surface area contributed by atoms with E-state index in [2.05, 4.69) is 74.4 Å². The minimum atomic E-state index is 1.10. The van der Waals surface area contributed by atoms with E-state index >= 15 is 0 Å². The number of aryl methyl sites for hydroxylation is 6. The van der Waals surface area contributed by atoms with Crippen LogP contribution in [0.15, 0.2) is 30.3 Å². The van der Waals surface area contributed by atoms with Gasteiger partial charge in [-0.05, 0) is 69.9 Å². The van der Waals surface area contributed by atoms with Crippen molar-refractivity contribution in [3.63, 3.8) is 0 Å². The van der Waals surface area contributed by atoms with Crippen molar-refractivity contribution in [3.05, 3.63) is 58.1 Å². The monoisotopic (exact) mass is 318 g/mol. The van der Waals surface area contributed by atoms with Gasteiger partial charge in [0.1, 0.15) is 5.82 Å². The Morgan fingerprint density at radius 1 is 0.708 bits per heavy atom. The zero-order chi connectivity index (χ0) is 17.0. The summed E-state index contributed by atoms with van der Waals surface area (Å²) < 4.78 is 2.52. The van der Waals surface area contributed by atoms with Crippen LogP contribution in [0.25, 0.3) is 10.9 Å². The van der Waals surface area contributed by atoms with Crippen molar-refractivity contribution in [2.75, 3.05) is 11.4 Å². The lowest BCUT2D eigenvalue weighted by Gasteiger charge is -2.33. The molecule has 2 heteroatoms. The molecule has 4 rings (SSSR count). The normalized spacial score (nSPS) is 14.3. The molecule has 24 heavy (non-hydrogen) atoms. The summed E-state index contributed by atoms with van der Waals surface area (Å²) in [5.41, 5.74) is 9.62.